The van der Waals surface area contributed by atoms with Gasteiger partial charge in [-0.15, -0.1) is 0 Å². The van der Waals surface area contributed by atoms with Gasteiger partial charge < -0.3 is 24.7 Å². The SMILES string of the molecule is COc1ccc(CN2C(=O)NC(CC(=O)Nc3cccc4c3ccn4C)C2=O)cc1OC. The van der Waals surface area contributed by atoms with Crippen molar-refractivity contribution >= 4 is 34.4 Å². The molecule has 1 saturated heterocycles. The van der Waals surface area contributed by atoms with Crippen LogP contribution in [-0.4, -0.2) is 47.6 Å². The number of aryl methyl sites for hydroxylation is 1. The van der Waals surface area contributed by atoms with Crippen LogP contribution in [0, 0.1) is 0 Å². The molecule has 1 aliphatic heterocycles. The van der Waals surface area contributed by atoms with Crippen molar-refractivity contribution in [2.45, 2.75) is 19.0 Å². The maximum absolute atomic E-state index is 12.8. The molecule has 2 aromatic carbocycles. The summed E-state index contributed by atoms with van der Waals surface area (Å²) >= 11 is 0. The second-order valence-electron chi connectivity index (χ2n) is 7.53. The number of anilines is 1. The molecule has 1 unspecified atom stereocenters. The number of rotatable bonds is 7. The minimum Gasteiger partial charge on any atom is -0.493 e. The van der Waals surface area contributed by atoms with Crippen LogP contribution < -0.4 is 20.1 Å². The third-order valence-corrected chi connectivity index (χ3v) is 5.49. The molecule has 0 bridgehead atoms. The number of ether oxygens (including phenoxy) is 2. The first-order chi connectivity index (χ1) is 15.4. The van der Waals surface area contributed by atoms with Gasteiger partial charge in [0.25, 0.3) is 5.91 Å². The highest BCUT2D eigenvalue weighted by Gasteiger charge is 2.39. The zero-order valence-corrected chi connectivity index (χ0v) is 18.0. The van der Waals surface area contributed by atoms with Crippen LogP contribution in [-0.2, 0) is 23.2 Å². The average molecular weight is 436 g/mol. The summed E-state index contributed by atoms with van der Waals surface area (Å²) in [7, 11) is 4.97. The Morgan fingerprint density at radius 1 is 1.09 bits per heavy atom. The molecule has 1 atom stereocenters. The summed E-state index contributed by atoms with van der Waals surface area (Å²) in [5, 5.41) is 6.35. The van der Waals surface area contributed by atoms with Gasteiger partial charge in [0, 0.05) is 24.1 Å². The molecule has 1 aromatic heterocycles. The summed E-state index contributed by atoms with van der Waals surface area (Å²) < 4.78 is 12.4. The van der Waals surface area contributed by atoms with E-state index in [4.69, 9.17) is 9.47 Å². The molecule has 166 valence electrons. The number of amides is 4. The predicted molar refractivity (Wildman–Crippen MR) is 119 cm³/mol. The van der Waals surface area contributed by atoms with E-state index in [0.29, 0.717) is 22.7 Å². The standard InChI is InChI=1S/C23H24N4O5/c1-26-10-9-15-16(5-4-6-18(15)26)24-21(28)12-17-22(29)27(23(30)25-17)13-14-7-8-19(31-2)20(11-14)32-3/h4-11,17H,12-13H2,1-3H3,(H,24,28)(H,25,30). The molecule has 1 aliphatic rings. The second kappa shape index (κ2) is 8.62. The molecule has 3 aromatic rings. The molecule has 32 heavy (non-hydrogen) atoms. The Morgan fingerprint density at radius 2 is 1.88 bits per heavy atom. The van der Waals surface area contributed by atoms with E-state index in [1.54, 1.807) is 24.3 Å². The summed E-state index contributed by atoms with van der Waals surface area (Å²) in [4.78, 5) is 38.9. The van der Waals surface area contributed by atoms with Crippen molar-refractivity contribution in [3.8, 4) is 11.5 Å². The van der Waals surface area contributed by atoms with Gasteiger partial charge in [0.05, 0.1) is 32.9 Å². The third-order valence-electron chi connectivity index (χ3n) is 5.49. The summed E-state index contributed by atoms with van der Waals surface area (Å²) in [6.45, 7) is 0.0620. The average Bonchev–Trinajstić information content (AvgIpc) is 3.29. The van der Waals surface area contributed by atoms with Gasteiger partial charge in [0.2, 0.25) is 5.91 Å². The van der Waals surface area contributed by atoms with Crippen LogP contribution in [0.15, 0.2) is 48.7 Å². The smallest absolute Gasteiger partial charge is 0.325 e. The first-order valence-electron chi connectivity index (χ1n) is 10.1. The minimum absolute atomic E-state index is 0.0620. The van der Waals surface area contributed by atoms with Gasteiger partial charge in [-0.25, -0.2) is 4.79 Å². The van der Waals surface area contributed by atoms with E-state index in [2.05, 4.69) is 10.6 Å². The number of fused-ring (bicyclic) bond motifs is 1. The molecule has 4 rings (SSSR count). The van der Waals surface area contributed by atoms with Crippen molar-refractivity contribution in [2.75, 3.05) is 19.5 Å². The lowest BCUT2D eigenvalue weighted by molar-refractivity contribution is -0.130. The van der Waals surface area contributed by atoms with E-state index in [1.807, 2.05) is 36.0 Å². The Hall–Kier alpha value is -4.01. The van der Waals surface area contributed by atoms with Gasteiger partial charge in [0.1, 0.15) is 6.04 Å². The first kappa shape index (κ1) is 21.2. The molecule has 4 amide bonds. The summed E-state index contributed by atoms with van der Waals surface area (Å²) in [5.41, 5.74) is 2.34. The number of nitrogens with zero attached hydrogens (tertiary/aromatic N) is 2. The van der Waals surface area contributed by atoms with E-state index < -0.39 is 18.0 Å². The highest BCUT2D eigenvalue weighted by Crippen LogP contribution is 2.29. The number of urea groups is 1. The molecule has 2 heterocycles. The maximum atomic E-state index is 12.8. The molecule has 1 fully saturated rings. The normalized spacial score (nSPS) is 15.7. The second-order valence-corrected chi connectivity index (χ2v) is 7.53. The maximum Gasteiger partial charge on any atom is 0.325 e. The van der Waals surface area contributed by atoms with Crippen LogP contribution in [0.4, 0.5) is 10.5 Å². The zero-order valence-electron chi connectivity index (χ0n) is 18.0. The molecule has 0 radical (unpaired) electrons. The van der Waals surface area contributed by atoms with E-state index in [0.717, 1.165) is 15.8 Å². The Balaban J connectivity index is 1.43. The van der Waals surface area contributed by atoms with Gasteiger partial charge >= 0.3 is 6.03 Å². The Bertz CT molecular complexity index is 1200. The van der Waals surface area contributed by atoms with Crippen LogP contribution in [0.3, 0.4) is 0 Å². The summed E-state index contributed by atoms with van der Waals surface area (Å²) in [5.74, 6) is 0.255. The number of imide groups is 1. The van der Waals surface area contributed by atoms with E-state index in [-0.39, 0.29) is 18.9 Å². The lowest BCUT2D eigenvalue weighted by atomic mass is 10.1. The van der Waals surface area contributed by atoms with Crippen molar-refractivity contribution in [2.24, 2.45) is 7.05 Å². The van der Waals surface area contributed by atoms with Crippen molar-refractivity contribution in [3.05, 3.63) is 54.2 Å². The number of carbonyl (C=O) groups excluding carboxylic acids is 3. The topological polar surface area (TPSA) is 102 Å². The van der Waals surface area contributed by atoms with Crippen LogP contribution in [0.25, 0.3) is 10.9 Å². The molecule has 9 heteroatoms. The molecule has 0 saturated carbocycles. The number of hydrogen-bond donors (Lipinski definition) is 2. The third kappa shape index (κ3) is 3.96. The van der Waals surface area contributed by atoms with Gasteiger partial charge in [-0.3, -0.25) is 14.5 Å². The molecule has 9 nitrogen and oxygen atoms in total. The van der Waals surface area contributed by atoms with Crippen LogP contribution in [0.5, 0.6) is 11.5 Å². The summed E-state index contributed by atoms with van der Waals surface area (Å²) in [6.07, 6.45) is 1.75. The van der Waals surface area contributed by atoms with Crippen molar-refractivity contribution in [1.82, 2.24) is 14.8 Å². The van der Waals surface area contributed by atoms with Crippen LogP contribution in [0.2, 0.25) is 0 Å². The van der Waals surface area contributed by atoms with E-state index >= 15 is 0 Å². The molecular weight excluding hydrogens is 412 g/mol. The number of aromatic nitrogens is 1. The first-order valence-corrected chi connectivity index (χ1v) is 10.1. The van der Waals surface area contributed by atoms with Gasteiger partial charge in [0.15, 0.2) is 11.5 Å². The Morgan fingerprint density at radius 3 is 2.62 bits per heavy atom. The van der Waals surface area contributed by atoms with Crippen molar-refractivity contribution in [1.29, 1.82) is 0 Å². The fourth-order valence-corrected chi connectivity index (χ4v) is 3.82. The van der Waals surface area contributed by atoms with Gasteiger partial charge in [-0.05, 0) is 35.9 Å². The number of benzene rings is 2. The van der Waals surface area contributed by atoms with Gasteiger partial charge in [-0.2, -0.15) is 0 Å². The quantitative estimate of drug-likeness (QED) is 0.555. The predicted octanol–water partition coefficient (Wildman–Crippen LogP) is 2.64. The minimum atomic E-state index is -0.919. The van der Waals surface area contributed by atoms with Gasteiger partial charge in [-0.1, -0.05) is 12.1 Å². The number of hydrogen-bond acceptors (Lipinski definition) is 5. The molecule has 0 spiro atoms. The lowest BCUT2D eigenvalue weighted by Crippen LogP contribution is -2.34. The van der Waals surface area contributed by atoms with Crippen LogP contribution >= 0.6 is 0 Å². The van der Waals surface area contributed by atoms with E-state index in [9.17, 15) is 14.4 Å². The highest BCUT2D eigenvalue weighted by molar-refractivity contribution is 6.08. The molecule has 0 aliphatic carbocycles. The number of nitrogens with one attached hydrogen (secondary N) is 2. The number of carbonyl (C=O) groups is 3. The van der Waals surface area contributed by atoms with Crippen molar-refractivity contribution < 1.29 is 23.9 Å². The largest absolute Gasteiger partial charge is 0.493 e. The van der Waals surface area contributed by atoms with Crippen LogP contribution in [0.1, 0.15) is 12.0 Å². The van der Waals surface area contributed by atoms with E-state index in [1.165, 1.54) is 14.2 Å². The molecular formula is C23H24N4O5. The molecule has 2 N–H and O–H groups in total. The fraction of sp³-hybridized carbons (Fsp3) is 0.261. The summed E-state index contributed by atoms with van der Waals surface area (Å²) in [6, 6.07) is 11.2. The zero-order chi connectivity index (χ0) is 22.8. The monoisotopic (exact) mass is 436 g/mol. The number of methoxy groups -OCH3 is 2. The highest BCUT2D eigenvalue weighted by atomic mass is 16.5. The fourth-order valence-electron chi connectivity index (χ4n) is 3.82. The Kier molecular flexibility index (Phi) is 5.72. The Labute approximate surface area is 184 Å². The lowest BCUT2D eigenvalue weighted by Gasteiger charge is -2.15. The van der Waals surface area contributed by atoms with Crippen molar-refractivity contribution in [3.63, 3.8) is 0 Å².